The fraction of sp³-hybridized carbons (Fsp3) is 0.462. The molecule has 0 saturated heterocycles. The predicted octanol–water partition coefficient (Wildman–Crippen LogP) is 4.89. The van der Waals surface area contributed by atoms with E-state index >= 15 is 0 Å². The number of hydrogen-bond donors (Lipinski definition) is 0. The van der Waals surface area contributed by atoms with Gasteiger partial charge in [0.15, 0.2) is 0 Å². The highest BCUT2D eigenvalue weighted by molar-refractivity contribution is 9.10. The van der Waals surface area contributed by atoms with Gasteiger partial charge in [-0.25, -0.2) is 0 Å². The Kier molecular flexibility index (Phi) is 5.44. The van der Waals surface area contributed by atoms with Crippen LogP contribution in [0.25, 0.3) is 0 Å². The summed E-state index contributed by atoms with van der Waals surface area (Å²) in [6, 6.07) is 3.34. The van der Waals surface area contributed by atoms with Crippen LogP contribution in [0.4, 0.5) is 13.2 Å². The van der Waals surface area contributed by atoms with E-state index in [-0.39, 0.29) is 23.1 Å². The summed E-state index contributed by atoms with van der Waals surface area (Å²) in [6.45, 7) is 3.49. The summed E-state index contributed by atoms with van der Waals surface area (Å²) in [4.78, 5) is 11.2. The monoisotopic (exact) mass is 356 g/mol. The van der Waals surface area contributed by atoms with Crippen LogP contribution in [0.3, 0.4) is 0 Å². The zero-order chi connectivity index (χ0) is 14.8. The van der Waals surface area contributed by atoms with Crippen molar-refractivity contribution in [1.29, 1.82) is 0 Å². The van der Waals surface area contributed by atoms with Crippen molar-refractivity contribution in [2.24, 2.45) is 5.92 Å². The average Bonchev–Trinajstić information content (AvgIpc) is 2.25. The quantitative estimate of drug-likeness (QED) is 0.701. The molecular weight excluding hydrogens is 344 g/mol. The maximum atomic E-state index is 12.6. The summed E-state index contributed by atoms with van der Waals surface area (Å²) >= 11 is 8.89. The van der Waals surface area contributed by atoms with Crippen molar-refractivity contribution in [2.75, 3.05) is 0 Å². The van der Waals surface area contributed by atoms with Crippen LogP contribution in [0, 0.1) is 5.92 Å². The number of hydrogen-bond acceptors (Lipinski definition) is 1. The van der Waals surface area contributed by atoms with Gasteiger partial charge in [0, 0.05) is 10.9 Å². The van der Waals surface area contributed by atoms with Crippen molar-refractivity contribution in [1.82, 2.24) is 0 Å². The molecule has 0 heterocycles. The van der Waals surface area contributed by atoms with Crippen molar-refractivity contribution in [3.63, 3.8) is 0 Å². The normalized spacial score (nSPS) is 13.7. The van der Waals surface area contributed by atoms with Gasteiger partial charge in [0.1, 0.15) is 5.78 Å². The molecule has 1 unspecified atom stereocenters. The first-order chi connectivity index (χ1) is 8.61. The summed E-state index contributed by atoms with van der Waals surface area (Å²) < 4.78 is 37.9. The number of halogens is 5. The maximum Gasteiger partial charge on any atom is 0.416 e. The molecule has 0 aliphatic rings. The Labute approximate surface area is 123 Å². The molecule has 0 radical (unpaired) electrons. The lowest BCUT2D eigenvalue weighted by atomic mass is 9.99. The lowest BCUT2D eigenvalue weighted by Gasteiger charge is -2.14. The van der Waals surface area contributed by atoms with Gasteiger partial charge in [0.05, 0.1) is 10.4 Å². The van der Waals surface area contributed by atoms with Crippen molar-refractivity contribution in [3.05, 3.63) is 34.3 Å². The summed E-state index contributed by atoms with van der Waals surface area (Å²) in [5.74, 6) is -0.223. The van der Waals surface area contributed by atoms with Crippen molar-refractivity contribution < 1.29 is 18.0 Å². The van der Waals surface area contributed by atoms with E-state index in [0.29, 0.717) is 5.56 Å². The van der Waals surface area contributed by atoms with Gasteiger partial charge in [-0.05, 0) is 30.2 Å². The van der Waals surface area contributed by atoms with E-state index < -0.39 is 16.6 Å². The summed E-state index contributed by atoms with van der Waals surface area (Å²) in [7, 11) is 0. The number of rotatable bonds is 4. The Balaban J connectivity index is 2.96. The molecule has 0 spiro atoms. The molecule has 0 aromatic heterocycles. The number of Topliss-reactive ketones (excluding diaryl/α,β-unsaturated/α-hetero) is 1. The fourth-order valence-electron chi connectivity index (χ4n) is 1.60. The molecule has 1 atom stereocenters. The van der Waals surface area contributed by atoms with Crippen LogP contribution in [-0.4, -0.2) is 10.6 Å². The van der Waals surface area contributed by atoms with E-state index in [1.165, 1.54) is 6.07 Å². The van der Waals surface area contributed by atoms with Crippen molar-refractivity contribution in [2.45, 2.75) is 31.3 Å². The minimum atomic E-state index is -4.44. The number of ketones is 1. The van der Waals surface area contributed by atoms with Crippen LogP contribution >= 0.6 is 27.5 Å². The molecule has 0 amide bonds. The van der Waals surface area contributed by atoms with Crippen LogP contribution < -0.4 is 0 Å². The topological polar surface area (TPSA) is 17.1 Å². The second-order valence-electron chi connectivity index (χ2n) is 4.57. The molecular formula is C13H13BrClF3O. The first kappa shape index (κ1) is 16.5. The molecule has 1 nitrogen and oxygen atoms in total. The van der Waals surface area contributed by atoms with Gasteiger partial charge in [-0.1, -0.05) is 41.4 Å². The minimum Gasteiger partial charge on any atom is -0.298 e. The molecule has 0 fully saturated rings. The summed E-state index contributed by atoms with van der Waals surface area (Å²) in [5, 5.41) is 0.0153. The van der Waals surface area contributed by atoms with Gasteiger partial charge >= 0.3 is 6.18 Å². The van der Waals surface area contributed by atoms with E-state index in [1.807, 2.05) is 0 Å². The summed E-state index contributed by atoms with van der Waals surface area (Å²) in [5.41, 5.74) is -0.414. The van der Waals surface area contributed by atoms with E-state index in [0.717, 1.165) is 12.1 Å². The number of carbonyl (C=O) groups is 1. The second-order valence-corrected chi connectivity index (χ2v) is 6.12. The minimum absolute atomic E-state index is 0.0153. The number of alkyl halides is 4. The number of carbonyl (C=O) groups excluding carboxylic acids is 1. The van der Waals surface area contributed by atoms with E-state index in [9.17, 15) is 18.0 Å². The first-order valence-electron chi connectivity index (χ1n) is 5.65. The van der Waals surface area contributed by atoms with Crippen LogP contribution in [0.1, 0.15) is 25.0 Å². The predicted molar refractivity (Wildman–Crippen MR) is 72.7 cm³/mol. The molecule has 1 aromatic rings. The van der Waals surface area contributed by atoms with Crippen molar-refractivity contribution >= 4 is 33.3 Å². The Morgan fingerprint density at radius 1 is 1.32 bits per heavy atom. The molecule has 6 heteroatoms. The van der Waals surface area contributed by atoms with Gasteiger partial charge < -0.3 is 0 Å². The molecule has 0 bridgehead atoms. The number of benzene rings is 1. The first-order valence-corrected chi connectivity index (χ1v) is 6.95. The fourth-order valence-corrected chi connectivity index (χ4v) is 2.76. The standard InChI is InChI=1S/C13H13BrClF3O/c1-7(2)12(19)11(14)5-8-3-9(13(16,17)18)6-10(15)4-8/h3-4,6-7,11H,5H2,1-2H3. The lowest BCUT2D eigenvalue weighted by molar-refractivity contribution is -0.137. The average molecular weight is 358 g/mol. The molecule has 106 valence electrons. The van der Waals surface area contributed by atoms with Crippen molar-refractivity contribution in [3.8, 4) is 0 Å². The second kappa shape index (κ2) is 6.27. The van der Waals surface area contributed by atoms with Crippen LogP contribution in [0.15, 0.2) is 18.2 Å². The zero-order valence-corrected chi connectivity index (χ0v) is 12.7. The lowest BCUT2D eigenvalue weighted by Crippen LogP contribution is -2.22. The van der Waals surface area contributed by atoms with Crippen LogP contribution in [-0.2, 0) is 17.4 Å². The third-order valence-electron chi connectivity index (χ3n) is 2.58. The smallest absolute Gasteiger partial charge is 0.298 e. The third-order valence-corrected chi connectivity index (χ3v) is 3.57. The highest BCUT2D eigenvalue weighted by atomic mass is 79.9. The Hall–Kier alpha value is -0.550. The molecule has 0 aliphatic carbocycles. The summed E-state index contributed by atoms with van der Waals surface area (Å²) in [6.07, 6.45) is -4.26. The van der Waals surface area contributed by atoms with Crippen LogP contribution in [0.5, 0.6) is 0 Å². The highest BCUT2D eigenvalue weighted by Crippen LogP contribution is 2.32. The van der Waals surface area contributed by atoms with E-state index in [2.05, 4.69) is 15.9 Å². The molecule has 19 heavy (non-hydrogen) atoms. The van der Waals surface area contributed by atoms with Gasteiger partial charge in [-0.15, -0.1) is 0 Å². The highest BCUT2D eigenvalue weighted by Gasteiger charge is 2.31. The Morgan fingerprint density at radius 3 is 2.37 bits per heavy atom. The molecule has 0 saturated carbocycles. The van der Waals surface area contributed by atoms with Gasteiger partial charge in [-0.3, -0.25) is 4.79 Å². The zero-order valence-electron chi connectivity index (χ0n) is 10.4. The Bertz CT molecular complexity index is 471. The molecule has 1 rings (SSSR count). The van der Waals surface area contributed by atoms with Gasteiger partial charge in [0.2, 0.25) is 0 Å². The molecule has 0 N–H and O–H groups in total. The van der Waals surface area contributed by atoms with E-state index in [1.54, 1.807) is 13.8 Å². The van der Waals surface area contributed by atoms with Gasteiger partial charge in [-0.2, -0.15) is 13.2 Å². The maximum absolute atomic E-state index is 12.6. The van der Waals surface area contributed by atoms with Crippen LogP contribution in [0.2, 0.25) is 5.02 Å². The van der Waals surface area contributed by atoms with E-state index in [4.69, 9.17) is 11.6 Å². The third kappa shape index (κ3) is 4.80. The largest absolute Gasteiger partial charge is 0.416 e. The molecule has 0 aliphatic heterocycles. The SMILES string of the molecule is CC(C)C(=O)C(Br)Cc1cc(Cl)cc(C(F)(F)F)c1. The molecule has 1 aromatic carbocycles. The van der Waals surface area contributed by atoms with Gasteiger partial charge in [0.25, 0.3) is 0 Å². The Morgan fingerprint density at radius 2 is 1.89 bits per heavy atom.